The highest BCUT2D eigenvalue weighted by Crippen LogP contribution is 2.19. The van der Waals surface area contributed by atoms with Gasteiger partial charge in [0.05, 0.1) is 53.4 Å². The van der Waals surface area contributed by atoms with E-state index in [-0.39, 0.29) is 0 Å². The number of likely N-dealkylation sites (tertiary alicyclic amines) is 2. The van der Waals surface area contributed by atoms with Gasteiger partial charge in [-0.25, -0.2) is 0 Å². The Morgan fingerprint density at radius 3 is 0.929 bits per heavy atom. The molecule has 28 heavy (non-hydrogen) atoms. The van der Waals surface area contributed by atoms with Crippen LogP contribution in [-0.2, 0) is 0 Å². The average Bonchev–Trinajstić information content (AvgIpc) is 2.64. The molecule has 0 bridgehead atoms. The minimum absolute atomic E-state index is 1.37. The molecular formula is C26H54N2+2. The summed E-state index contributed by atoms with van der Waals surface area (Å²) in [6, 6.07) is 0. The molecule has 0 aromatic carbocycles. The highest BCUT2D eigenvalue weighted by Gasteiger charge is 2.22. The predicted octanol–water partition coefficient (Wildman–Crippen LogP) is 6.93. The van der Waals surface area contributed by atoms with Gasteiger partial charge in [0.25, 0.3) is 0 Å². The van der Waals surface area contributed by atoms with Gasteiger partial charge >= 0.3 is 0 Å². The molecule has 0 unspecified atom stereocenters. The Balaban J connectivity index is 1.42. The van der Waals surface area contributed by atoms with E-state index < -0.39 is 0 Å². The molecule has 2 fully saturated rings. The molecule has 0 atom stereocenters. The molecule has 166 valence electrons. The molecule has 0 amide bonds. The fourth-order valence-corrected chi connectivity index (χ4v) is 5.75. The molecule has 0 radical (unpaired) electrons. The van der Waals surface area contributed by atoms with Crippen molar-refractivity contribution in [1.82, 2.24) is 0 Å². The maximum atomic E-state index is 2.53. The van der Waals surface area contributed by atoms with E-state index in [1.54, 1.807) is 0 Å². The number of nitrogens with zero attached hydrogens (tertiary/aromatic N) is 2. The lowest BCUT2D eigenvalue weighted by Crippen LogP contribution is -2.46. The molecule has 0 aromatic rings. The van der Waals surface area contributed by atoms with Crippen molar-refractivity contribution in [3.05, 3.63) is 0 Å². The normalized spacial score (nSPS) is 23.4. The summed E-state index contributed by atoms with van der Waals surface area (Å²) in [4.78, 5) is 0. The molecule has 0 saturated carbocycles. The lowest BCUT2D eigenvalue weighted by Gasteiger charge is -2.36. The SMILES string of the molecule is C[N+]1(CCCCCCCCCC[N+]2(C)CCCCCCC2)CCCCCCC1. The van der Waals surface area contributed by atoms with Gasteiger partial charge in [-0.1, -0.05) is 38.5 Å². The van der Waals surface area contributed by atoms with Gasteiger partial charge in [-0.15, -0.1) is 0 Å². The zero-order valence-electron chi connectivity index (χ0n) is 19.9. The number of unbranched alkanes of at least 4 members (excludes halogenated alkanes) is 7. The summed E-state index contributed by atoms with van der Waals surface area (Å²) in [6.45, 7) is 8.65. The second-order valence-corrected chi connectivity index (χ2v) is 10.9. The van der Waals surface area contributed by atoms with E-state index >= 15 is 0 Å². The summed E-state index contributed by atoms with van der Waals surface area (Å²) in [6.07, 6.45) is 26.6. The number of rotatable bonds is 11. The van der Waals surface area contributed by atoms with Crippen molar-refractivity contribution in [1.29, 1.82) is 0 Å². The van der Waals surface area contributed by atoms with Crippen LogP contribution in [0, 0.1) is 0 Å². The third kappa shape index (κ3) is 10.6. The zero-order valence-corrected chi connectivity index (χ0v) is 19.9. The minimum Gasteiger partial charge on any atom is -0.326 e. The number of quaternary nitrogens is 2. The van der Waals surface area contributed by atoms with Crippen LogP contribution in [0.5, 0.6) is 0 Å². The van der Waals surface area contributed by atoms with Crippen LogP contribution < -0.4 is 0 Å². The first kappa shape index (κ1) is 24.2. The van der Waals surface area contributed by atoms with Gasteiger partial charge in [0.15, 0.2) is 0 Å². The minimum atomic E-state index is 1.37. The lowest BCUT2D eigenvalue weighted by molar-refractivity contribution is -0.910. The summed E-state index contributed by atoms with van der Waals surface area (Å²) in [5.41, 5.74) is 0. The van der Waals surface area contributed by atoms with Crippen LogP contribution in [0.25, 0.3) is 0 Å². The molecule has 2 heterocycles. The van der Waals surface area contributed by atoms with E-state index in [0.717, 1.165) is 0 Å². The zero-order chi connectivity index (χ0) is 20.0. The van der Waals surface area contributed by atoms with E-state index in [4.69, 9.17) is 0 Å². The maximum absolute atomic E-state index is 2.53. The molecule has 2 saturated heterocycles. The van der Waals surface area contributed by atoms with E-state index in [1.165, 1.54) is 164 Å². The first-order valence-corrected chi connectivity index (χ1v) is 13.3. The van der Waals surface area contributed by atoms with Crippen molar-refractivity contribution in [2.45, 2.75) is 116 Å². The van der Waals surface area contributed by atoms with E-state index in [0.29, 0.717) is 0 Å². The van der Waals surface area contributed by atoms with Crippen molar-refractivity contribution in [2.24, 2.45) is 0 Å². The molecule has 2 rings (SSSR count). The molecule has 0 aliphatic carbocycles. The maximum Gasteiger partial charge on any atom is 0.0784 e. The summed E-state index contributed by atoms with van der Waals surface area (Å²) in [5, 5.41) is 0. The van der Waals surface area contributed by atoms with Crippen LogP contribution in [0.15, 0.2) is 0 Å². The van der Waals surface area contributed by atoms with Gasteiger partial charge < -0.3 is 8.97 Å². The predicted molar refractivity (Wildman–Crippen MR) is 125 cm³/mol. The van der Waals surface area contributed by atoms with Gasteiger partial charge in [-0.2, -0.15) is 0 Å². The highest BCUT2D eigenvalue weighted by atomic mass is 15.3. The monoisotopic (exact) mass is 394 g/mol. The van der Waals surface area contributed by atoms with Crippen molar-refractivity contribution in [3.63, 3.8) is 0 Å². The Morgan fingerprint density at radius 2 is 0.607 bits per heavy atom. The Labute approximate surface area is 178 Å². The van der Waals surface area contributed by atoms with E-state index in [1.807, 2.05) is 0 Å². The smallest absolute Gasteiger partial charge is 0.0784 e. The largest absolute Gasteiger partial charge is 0.326 e. The number of hydrogen-bond donors (Lipinski definition) is 0. The van der Waals surface area contributed by atoms with Crippen LogP contribution in [0.4, 0.5) is 0 Å². The Kier molecular flexibility index (Phi) is 12.1. The Bertz CT molecular complexity index is 327. The van der Waals surface area contributed by atoms with E-state index in [2.05, 4.69) is 14.1 Å². The second kappa shape index (κ2) is 14.0. The van der Waals surface area contributed by atoms with Crippen LogP contribution in [0.1, 0.15) is 116 Å². The Morgan fingerprint density at radius 1 is 0.357 bits per heavy atom. The molecule has 2 aliphatic rings. The molecule has 2 nitrogen and oxygen atoms in total. The van der Waals surface area contributed by atoms with Gasteiger partial charge in [0.2, 0.25) is 0 Å². The van der Waals surface area contributed by atoms with Crippen LogP contribution >= 0.6 is 0 Å². The molecule has 0 spiro atoms. The summed E-state index contributed by atoms with van der Waals surface area (Å²) < 4.78 is 2.74. The first-order valence-electron chi connectivity index (χ1n) is 13.3. The Hall–Kier alpha value is -0.0800. The number of hydrogen-bond acceptors (Lipinski definition) is 0. The molecular weight excluding hydrogens is 340 g/mol. The third-order valence-electron chi connectivity index (χ3n) is 7.94. The average molecular weight is 395 g/mol. The second-order valence-electron chi connectivity index (χ2n) is 10.9. The van der Waals surface area contributed by atoms with Crippen LogP contribution in [0.3, 0.4) is 0 Å². The van der Waals surface area contributed by atoms with Gasteiger partial charge in [-0.05, 0) is 77.0 Å². The summed E-state index contributed by atoms with van der Waals surface area (Å²) in [7, 11) is 5.06. The third-order valence-corrected chi connectivity index (χ3v) is 7.94. The molecule has 0 N–H and O–H groups in total. The van der Waals surface area contributed by atoms with Crippen LogP contribution in [-0.4, -0.2) is 62.3 Å². The quantitative estimate of drug-likeness (QED) is 0.263. The topological polar surface area (TPSA) is 0 Å². The highest BCUT2D eigenvalue weighted by molar-refractivity contribution is 4.54. The summed E-state index contributed by atoms with van der Waals surface area (Å²) in [5.74, 6) is 0. The van der Waals surface area contributed by atoms with Gasteiger partial charge in [0.1, 0.15) is 0 Å². The first-order chi connectivity index (χ1) is 13.6. The summed E-state index contributed by atoms with van der Waals surface area (Å²) >= 11 is 0. The molecule has 2 aliphatic heterocycles. The van der Waals surface area contributed by atoms with Crippen molar-refractivity contribution in [2.75, 3.05) is 53.4 Å². The van der Waals surface area contributed by atoms with Crippen molar-refractivity contribution < 1.29 is 8.97 Å². The van der Waals surface area contributed by atoms with Crippen molar-refractivity contribution >= 4 is 0 Å². The fraction of sp³-hybridized carbons (Fsp3) is 1.00. The molecule has 2 heteroatoms. The van der Waals surface area contributed by atoms with Gasteiger partial charge in [0, 0.05) is 0 Å². The van der Waals surface area contributed by atoms with E-state index in [9.17, 15) is 0 Å². The van der Waals surface area contributed by atoms with Crippen LogP contribution in [0.2, 0.25) is 0 Å². The lowest BCUT2D eigenvalue weighted by atomic mass is 10.0. The fourth-order valence-electron chi connectivity index (χ4n) is 5.75. The van der Waals surface area contributed by atoms with Gasteiger partial charge in [-0.3, -0.25) is 0 Å². The molecule has 0 aromatic heterocycles. The van der Waals surface area contributed by atoms with Crippen molar-refractivity contribution in [3.8, 4) is 0 Å². The standard InChI is InChI=1S/C26H54N2/c1-27(23-17-11-7-12-18-24-27)21-15-9-5-3-4-6-10-16-22-28(2)25-19-13-8-14-20-26-28/h3-26H2,1-2H3/q+2.